The van der Waals surface area contributed by atoms with Crippen molar-refractivity contribution in [3.63, 3.8) is 0 Å². The fraction of sp³-hybridized carbons (Fsp3) is 0. The van der Waals surface area contributed by atoms with E-state index in [4.69, 9.17) is 9.98 Å². The van der Waals surface area contributed by atoms with Crippen molar-refractivity contribution in [2.45, 2.75) is 0 Å². The lowest BCUT2D eigenvalue weighted by molar-refractivity contribution is 1.45. The Morgan fingerprint density at radius 3 is 2.12 bits per heavy atom. The predicted molar refractivity (Wildman–Crippen MR) is 101 cm³/mol. The highest BCUT2D eigenvalue weighted by Gasteiger charge is 2.13. The van der Waals surface area contributed by atoms with Crippen molar-refractivity contribution >= 4 is 23.7 Å². The van der Waals surface area contributed by atoms with E-state index in [2.05, 4.69) is 30.3 Å². The quantitative estimate of drug-likeness (QED) is 0.615. The number of benzene rings is 3. The van der Waals surface area contributed by atoms with Gasteiger partial charge < -0.3 is 0 Å². The van der Waals surface area contributed by atoms with Gasteiger partial charge in [0.15, 0.2) is 0 Å². The lowest BCUT2D eigenvalue weighted by atomic mass is 10.1. The second kappa shape index (κ2) is 6.47. The van der Waals surface area contributed by atoms with Crippen LogP contribution in [0.25, 0.3) is 6.08 Å². The van der Waals surface area contributed by atoms with Gasteiger partial charge in [0.1, 0.15) is 0 Å². The summed E-state index contributed by atoms with van der Waals surface area (Å²) in [5, 5.41) is 0. The zero-order valence-corrected chi connectivity index (χ0v) is 13.1. The topological polar surface area (TPSA) is 24.7 Å². The molecular weight excluding hydrogens is 292 g/mol. The average Bonchev–Trinajstić information content (AvgIpc) is 2.83. The van der Waals surface area contributed by atoms with Crippen LogP contribution < -0.4 is 0 Å². The molecule has 1 aliphatic rings. The normalized spacial score (nSPS) is 14.8. The minimum atomic E-state index is 0.864. The SMILES string of the molecule is C1=N/C(=C\c2ccccc2)C(c2ccccc2)=Nc2ccccc21. The minimum absolute atomic E-state index is 0.864. The molecular formula is C22H16N2. The molecule has 0 radical (unpaired) electrons. The first-order valence-corrected chi connectivity index (χ1v) is 7.94. The van der Waals surface area contributed by atoms with Crippen molar-refractivity contribution < 1.29 is 0 Å². The summed E-state index contributed by atoms with van der Waals surface area (Å²) in [5.74, 6) is 0. The molecule has 0 saturated carbocycles. The zero-order chi connectivity index (χ0) is 16.2. The molecule has 0 bridgehead atoms. The standard InChI is InChI=1S/C22H16N2/c1-3-9-17(10-4-1)15-21-22(18-11-5-2-6-12-18)24-20-14-8-7-13-19(20)16-23-21/h1-16H/b21-15-. The lowest BCUT2D eigenvalue weighted by Crippen LogP contribution is -2.02. The molecule has 0 unspecified atom stereocenters. The third-order valence-electron chi connectivity index (χ3n) is 3.90. The Bertz CT molecular complexity index is 936. The highest BCUT2D eigenvalue weighted by atomic mass is 14.9. The van der Waals surface area contributed by atoms with Crippen molar-refractivity contribution in [3.8, 4) is 0 Å². The van der Waals surface area contributed by atoms with E-state index in [0.29, 0.717) is 0 Å². The third-order valence-corrected chi connectivity index (χ3v) is 3.90. The summed E-state index contributed by atoms with van der Waals surface area (Å²) in [6.07, 6.45) is 3.97. The maximum Gasteiger partial charge on any atom is 0.0966 e. The molecule has 0 aliphatic carbocycles. The number of fused-ring (bicyclic) bond motifs is 1. The van der Waals surface area contributed by atoms with Gasteiger partial charge in [-0.25, -0.2) is 4.99 Å². The van der Waals surface area contributed by atoms with Gasteiger partial charge in [-0.05, 0) is 17.7 Å². The number of hydrogen-bond donors (Lipinski definition) is 0. The van der Waals surface area contributed by atoms with Gasteiger partial charge in [0.2, 0.25) is 0 Å². The first kappa shape index (κ1) is 14.3. The van der Waals surface area contributed by atoms with Crippen molar-refractivity contribution in [2.75, 3.05) is 0 Å². The molecule has 3 aromatic carbocycles. The molecule has 3 aromatic rings. The second-order valence-electron chi connectivity index (χ2n) is 5.58. The van der Waals surface area contributed by atoms with Gasteiger partial charge in [-0.1, -0.05) is 78.9 Å². The lowest BCUT2D eigenvalue weighted by Gasteiger charge is -2.07. The number of rotatable bonds is 2. The molecule has 0 aromatic heterocycles. The number of nitrogens with zero attached hydrogens (tertiary/aromatic N) is 2. The Morgan fingerprint density at radius 1 is 0.667 bits per heavy atom. The van der Waals surface area contributed by atoms with Gasteiger partial charge in [-0.3, -0.25) is 4.99 Å². The molecule has 0 spiro atoms. The maximum absolute atomic E-state index is 4.91. The Labute approximate surface area is 141 Å². The number of aliphatic imine (C=N–C) groups is 2. The molecule has 1 heterocycles. The van der Waals surface area contributed by atoms with Crippen molar-refractivity contribution in [1.29, 1.82) is 0 Å². The Balaban J connectivity index is 1.91. The fourth-order valence-corrected chi connectivity index (χ4v) is 2.70. The molecule has 0 amide bonds. The molecule has 0 fully saturated rings. The van der Waals surface area contributed by atoms with E-state index < -0.39 is 0 Å². The molecule has 0 N–H and O–H groups in total. The first-order valence-electron chi connectivity index (χ1n) is 7.94. The van der Waals surface area contributed by atoms with E-state index >= 15 is 0 Å². The Hall–Kier alpha value is -3.26. The van der Waals surface area contributed by atoms with Crippen LogP contribution in [0.3, 0.4) is 0 Å². The van der Waals surface area contributed by atoms with Gasteiger partial charge in [0.25, 0.3) is 0 Å². The summed E-state index contributed by atoms with van der Waals surface area (Å²) in [7, 11) is 0. The van der Waals surface area contributed by atoms with E-state index in [1.807, 2.05) is 66.9 Å². The molecule has 0 atom stereocenters. The van der Waals surface area contributed by atoms with E-state index in [9.17, 15) is 0 Å². The van der Waals surface area contributed by atoms with Crippen LogP contribution in [0.5, 0.6) is 0 Å². The molecule has 2 heteroatoms. The van der Waals surface area contributed by atoms with Gasteiger partial charge in [-0.2, -0.15) is 0 Å². The van der Waals surface area contributed by atoms with Crippen LogP contribution in [0.4, 0.5) is 5.69 Å². The molecule has 4 rings (SSSR count). The van der Waals surface area contributed by atoms with Gasteiger partial charge in [0, 0.05) is 17.3 Å². The number of para-hydroxylation sites is 1. The summed E-state index contributed by atoms with van der Waals surface area (Å²) in [6, 6.07) is 28.5. The van der Waals surface area contributed by atoms with Crippen molar-refractivity contribution in [1.82, 2.24) is 0 Å². The summed E-state index contributed by atoms with van der Waals surface area (Å²) in [6.45, 7) is 0. The van der Waals surface area contributed by atoms with E-state index in [-0.39, 0.29) is 0 Å². The Kier molecular flexibility index (Phi) is 3.86. The highest BCUT2D eigenvalue weighted by Crippen LogP contribution is 2.25. The van der Waals surface area contributed by atoms with Gasteiger partial charge in [0.05, 0.1) is 17.1 Å². The second-order valence-corrected chi connectivity index (χ2v) is 5.58. The minimum Gasteiger partial charge on any atom is -0.254 e. The first-order chi connectivity index (χ1) is 11.9. The summed E-state index contributed by atoms with van der Waals surface area (Å²) < 4.78 is 0. The monoisotopic (exact) mass is 308 g/mol. The molecule has 114 valence electrons. The van der Waals surface area contributed by atoms with E-state index in [1.54, 1.807) is 0 Å². The fourth-order valence-electron chi connectivity index (χ4n) is 2.70. The predicted octanol–water partition coefficient (Wildman–Crippen LogP) is 5.28. The van der Waals surface area contributed by atoms with Crippen molar-refractivity contribution in [2.24, 2.45) is 9.98 Å². The van der Waals surface area contributed by atoms with Gasteiger partial charge >= 0.3 is 0 Å². The summed E-state index contributed by atoms with van der Waals surface area (Å²) in [5.41, 5.74) is 5.90. The number of hydrogen-bond acceptors (Lipinski definition) is 2. The maximum atomic E-state index is 4.91. The van der Waals surface area contributed by atoms with Crippen LogP contribution >= 0.6 is 0 Å². The summed E-state index contributed by atoms with van der Waals surface area (Å²) in [4.78, 5) is 9.63. The highest BCUT2D eigenvalue weighted by molar-refractivity contribution is 6.18. The van der Waals surface area contributed by atoms with E-state index in [0.717, 1.165) is 33.8 Å². The van der Waals surface area contributed by atoms with E-state index in [1.165, 1.54) is 0 Å². The van der Waals surface area contributed by atoms with Crippen LogP contribution in [-0.4, -0.2) is 11.9 Å². The summed E-state index contributed by atoms with van der Waals surface area (Å²) >= 11 is 0. The molecule has 1 aliphatic heterocycles. The molecule has 0 saturated heterocycles. The molecule has 2 nitrogen and oxygen atoms in total. The zero-order valence-electron chi connectivity index (χ0n) is 13.1. The van der Waals surface area contributed by atoms with Crippen LogP contribution in [0, 0.1) is 0 Å². The average molecular weight is 308 g/mol. The van der Waals surface area contributed by atoms with Gasteiger partial charge in [-0.15, -0.1) is 0 Å². The largest absolute Gasteiger partial charge is 0.254 e. The van der Waals surface area contributed by atoms with Crippen LogP contribution in [-0.2, 0) is 0 Å². The van der Waals surface area contributed by atoms with Crippen molar-refractivity contribution in [3.05, 3.63) is 107 Å². The van der Waals surface area contributed by atoms with Crippen LogP contribution in [0.2, 0.25) is 0 Å². The number of allylic oxidation sites excluding steroid dienone is 1. The van der Waals surface area contributed by atoms with Crippen LogP contribution in [0.1, 0.15) is 16.7 Å². The molecule has 24 heavy (non-hydrogen) atoms. The Morgan fingerprint density at radius 2 is 1.33 bits per heavy atom. The van der Waals surface area contributed by atoms with Crippen LogP contribution in [0.15, 0.2) is 101 Å². The third kappa shape index (κ3) is 2.95. The smallest absolute Gasteiger partial charge is 0.0966 e.